The number of benzene rings is 1. The number of carbonyl (C=O) groups is 1. The van der Waals surface area contributed by atoms with Crippen molar-refractivity contribution >= 4 is 5.78 Å². The van der Waals surface area contributed by atoms with Crippen LogP contribution in [0, 0.1) is 5.92 Å². The Morgan fingerprint density at radius 1 is 1.15 bits per heavy atom. The fraction of sp³-hybridized carbons (Fsp3) is 0.300. The molecule has 1 aliphatic heterocycles. The lowest BCUT2D eigenvalue weighted by Gasteiger charge is -2.05. The van der Waals surface area contributed by atoms with Crippen molar-refractivity contribution in [1.29, 1.82) is 0 Å². The summed E-state index contributed by atoms with van der Waals surface area (Å²) in [5.74, 6) is 0.306. The molecule has 3 nitrogen and oxygen atoms in total. The molecular formula is C10H12N2O. The summed E-state index contributed by atoms with van der Waals surface area (Å²) in [6.45, 7) is 1.46. The minimum atomic E-state index is 0.0856. The molecule has 0 atom stereocenters. The van der Waals surface area contributed by atoms with E-state index < -0.39 is 0 Å². The van der Waals surface area contributed by atoms with Crippen LogP contribution in [0.25, 0.3) is 0 Å². The van der Waals surface area contributed by atoms with Crippen LogP contribution in [-0.4, -0.2) is 18.9 Å². The van der Waals surface area contributed by atoms with Gasteiger partial charge in [0.15, 0.2) is 5.78 Å². The zero-order valence-corrected chi connectivity index (χ0v) is 7.29. The highest BCUT2D eigenvalue weighted by Crippen LogP contribution is 2.09. The predicted octanol–water partition coefficient (Wildman–Crippen LogP) is 0.593. The quantitative estimate of drug-likeness (QED) is 0.648. The Labute approximate surface area is 77.1 Å². The number of hydrogen-bond acceptors (Lipinski definition) is 3. The van der Waals surface area contributed by atoms with Crippen LogP contribution in [0.5, 0.6) is 0 Å². The van der Waals surface area contributed by atoms with E-state index in [9.17, 15) is 4.79 Å². The Morgan fingerprint density at radius 2 is 1.77 bits per heavy atom. The topological polar surface area (TPSA) is 41.1 Å². The maximum Gasteiger partial charge on any atom is 0.168 e. The van der Waals surface area contributed by atoms with E-state index >= 15 is 0 Å². The van der Waals surface area contributed by atoms with Crippen molar-refractivity contribution in [3.63, 3.8) is 0 Å². The highest BCUT2D eigenvalue weighted by molar-refractivity contribution is 5.98. The maximum atomic E-state index is 11.8. The van der Waals surface area contributed by atoms with Crippen LogP contribution >= 0.6 is 0 Å². The first kappa shape index (κ1) is 8.41. The summed E-state index contributed by atoms with van der Waals surface area (Å²) in [6.07, 6.45) is 0. The highest BCUT2D eigenvalue weighted by atomic mass is 16.1. The van der Waals surface area contributed by atoms with Crippen LogP contribution in [-0.2, 0) is 0 Å². The number of Topliss-reactive ketones (excluding diaryl/α,β-unsaturated/α-hetero) is 1. The van der Waals surface area contributed by atoms with Crippen molar-refractivity contribution < 1.29 is 4.79 Å². The van der Waals surface area contributed by atoms with Crippen molar-refractivity contribution in [2.45, 2.75) is 0 Å². The zero-order chi connectivity index (χ0) is 9.10. The van der Waals surface area contributed by atoms with Crippen LogP contribution in [0.15, 0.2) is 30.3 Å². The number of ketones is 1. The SMILES string of the molecule is O=C(c1ccccc1)C1CNNC1. The number of carbonyl (C=O) groups excluding carboxylic acids is 1. The summed E-state index contributed by atoms with van der Waals surface area (Å²) in [5, 5.41) is 0. The van der Waals surface area contributed by atoms with Gasteiger partial charge in [0.25, 0.3) is 0 Å². The minimum Gasteiger partial charge on any atom is -0.294 e. The Kier molecular flexibility index (Phi) is 2.38. The number of nitrogens with one attached hydrogen (secondary N) is 2. The molecule has 0 radical (unpaired) electrons. The molecule has 68 valence electrons. The fourth-order valence-electron chi connectivity index (χ4n) is 1.49. The predicted molar refractivity (Wildman–Crippen MR) is 50.3 cm³/mol. The highest BCUT2D eigenvalue weighted by Gasteiger charge is 2.22. The van der Waals surface area contributed by atoms with E-state index in [-0.39, 0.29) is 11.7 Å². The Balaban J connectivity index is 2.13. The summed E-state index contributed by atoms with van der Waals surface area (Å²) < 4.78 is 0. The molecule has 0 bridgehead atoms. The first-order valence-corrected chi connectivity index (χ1v) is 4.43. The van der Waals surface area contributed by atoms with Crippen molar-refractivity contribution in [3.05, 3.63) is 35.9 Å². The molecule has 13 heavy (non-hydrogen) atoms. The Morgan fingerprint density at radius 3 is 2.38 bits per heavy atom. The van der Waals surface area contributed by atoms with Crippen LogP contribution in [0.1, 0.15) is 10.4 Å². The van der Waals surface area contributed by atoms with Gasteiger partial charge in [-0.25, -0.2) is 0 Å². The lowest BCUT2D eigenvalue weighted by molar-refractivity contribution is 0.0936. The Hall–Kier alpha value is -1.19. The monoisotopic (exact) mass is 176 g/mol. The van der Waals surface area contributed by atoms with Gasteiger partial charge >= 0.3 is 0 Å². The molecule has 1 fully saturated rings. The van der Waals surface area contributed by atoms with Gasteiger partial charge in [-0.15, -0.1) is 0 Å². The summed E-state index contributed by atoms with van der Waals surface area (Å²) in [6, 6.07) is 9.43. The second kappa shape index (κ2) is 3.68. The zero-order valence-electron chi connectivity index (χ0n) is 7.29. The Bertz CT molecular complexity index is 291. The summed E-state index contributed by atoms with van der Waals surface area (Å²) >= 11 is 0. The van der Waals surface area contributed by atoms with E-state index in [4.69, 9.17) is 0 Å². The van der Waals surface area contributed by atoms with Crippen LogP contribution in [0.4, 0.5) is 0 Å². The maximum absolute atomic E-state index is 11.8. The second-order valence-corrected chi connectivity index (χ2v) is 3.19. The summed E-state index contributed by atoms with van der Waals surface area (Å²) in [7, 11) is 0. The van der Waals surface area contributed by atoms with Gasteiger partial charge in [-0.2, -0.15) is 0 Å². The lowest BCUT2D eigenvalue weighted by atomic mass is 9.99. The van der Waals surface area contributed by atoms with Gasteiger partial charge < -0.3 is 0 Å². The minimum absolute atomic E-state index is 0.0856. The van der Waals surface area contributed by atoms with Crippen molar-refractivity contribution in [2.24, 2.45) is 5.92 Å². The average molecular weight is 176 g/mol. The molecule has 2 rings (SSSR count). The molecule has 3 heteroatoms. The van der Waals surface area contributed by atoms with Gasteiger partial charge in [-0.05, 0) is 0 Å². The third-order valence-electron chi connectivity index (χ3n) is 2.25. The molecular weight excluding hydrogens is 164 g/mol. The van der Waals surface area contributed by atoms with Gasteiger partial charge in [0.2, 0.25) is 0 Å². The molecule has 0 unspecified atom stereocenters. The molecule has 0 aliphatic carbocycles. The van der Waals surface area contributed by atoms with Crippen molar-refractivity contribution in [1.82, 2.24) is 10.9 Å². The van der Waals surface area contributed by atoms with Gasteiger partial charge in [0, 0.05) is 18.7 Å². The van der Waals surface area contributed by atoms with Gasteiger partial charge in [-0.3, -0.25) is 15.6 Å². The number of rotatable bonds is 2. The smallest absolute Gasteiger partial charge is 0.168 e. The van der Waals surface area contributed by atoms with Crippen molar-refractivity contribution in [2.75, 3.05) is 13.1 Å². The molecule has 0 amide bonds. The fourth-order valence-corrected chi connectivity index (χ4v) is 1.49. The van der Waals surface area contributed by atoms with E-state index in [1.165, 1.54) is 0 Å². The van der Waals surface area contributed by atoms with E-state index in [2.05, 4.69) is 10.9 Å². The van der Waals surface area contributed by atoms with Gasteiger partial charge in [0.1, 0.15) is 0 Å². The molecule has 1 heterocycles. The average Bonchev–Trinajstić information content (AvgIpc) is 2.71. The second-order valence-electron chi connectivity index (χ2n) is 3.19. The molecule has 1 saturated heterocycles. The van der Waals surface area contributed by atoms with E-state index in [0.29, 0.717) is 0 Å². The molecule has 0 aromatic heterocycles. The molecule has 0 saturated carbocycles. The van der Waals surface area contributed by atoms with E-state index in [1.54, 1.807) is 0 Å². The van der Waals surface area contributed by atoms with E-state index in [0.717, 1.165) is 18.7 Å². The molecule has 2 N–H and O–H groups in total. The van der Waals surface area contributed by atoms with Gasteiger partial charge in [0.05, 0.1) is 5.92 Å². The van der Waals surface area contributed by atoms with Crippen LogP contribution in [0.3, 0.4) is 0 Å². The van der Waals surface area contributed by atoms with Crippen LogP contribution < -0.4 is 10.9 Å². The van der Waals surface area contributed by atoms with Crippen molar-refractivity contribution in [3.8, 4) is 0 Å². The first-order chi connectivity index (χ1) is 6.38. The summed E-state index contributed by atoms with van der Waals surface area (Å²) in [4.78, 5) is 11.8. The van der Waals surface area contributed by atoms with E-state index in [1.807, 2.05) is 30.3 Å². The summed E-state index contributed by atoms with van der Waals surface area (Å²) in [5.41, 5.74) is 6.71. The third kappa shape index (κ3) is 1.76. The molecule has 0 spiro atoms. The molecule has 1 aromatic rings. The normalized spacial score (nSPS) is 17.5. The van der Waals surface area contributed by atoms with Crippen LogP contribution in [0.2, 0.25) is 0 Å². The standard InChI is InChI=1S/C10H12N2O/c13-10(9-6-11-12-7-9)8-4-2-1-3-5-8/h1-5,9,11-12H,6-7H2. The first-order valence-electron chi connectivity index (χ1n) is 4.43. The lowest BCUT2D eigenvalue weighted by Crippen LogP contribution is -2.21. The molecule has 1 aliphatic rings. The molecule has 1 aromatic carbocycles. The third-order valence-corrected chi connectivity index (χ3v) is 2.25. The number of hydrogen-bond donors (Lipinski definition) is 2. The number of hydrazine groups is 1. The largest absolute Gasteiger partial charge is 0.294 e. The van der Waals surface area contributed by atoms with Gasteiger partial charge in [-0.1, -0.05) is 30.3 Å².